The van der Waals surface area contributed by atoms with Crippen LogP contribution in [0.3, 0.4) is 0 Å². The predicted octanol–water partition coefficient (Wildman–Crippen LogP) is 20.0. The van der Waals surface area contributed by atoms with Gasteiger partial charge in [-0.2, -0.15) is 0 Å². The van der Waals surface area contributed by atoms with E-state index < -0.39 is 6.10 Å². The minimum atomic E-state index is -0.775. The summed E-state index contributed by atoms with van der Waals surface area (Å²) >= 11 is 0. The van der Waals surface area contributed by atoms with Crippen LogP contribution in [0, 0.1) is 0 Å². The maximum Gasteiger partial charge on any atom is 0.306 e. The van der Waals surface area contributed by atoms with Gasteiger partial charge in [0.25, 0.3) is 0 Å². The molecule has 0 saturated heterocycles. The van der Waals surface area contributed by atoms with E-state index in [0.717, 1.165) is 70.6 Å². The van der Waals surface area contributed by atoms with Crippen molar-refractivity contribution in [2.24, 2.45) is 0 Å². The maximum atomic E-state index is 12.3. The van der Waals surface area contributed by atoms with Gasteiger partial charge in [-0.3, -0.25) is 9.59 Å². The zero-order valence-corrected chi connectivity index (χ0v) is 45.1. The van der Waals surface area contributed by atoms with Gasteiger partial charge < -0.3 is 14.6 Å². The van der Waals surface area contributed by atoms with Crippen LogP contribution < -0.4 is 0 Å². The first-order valence-corrected chi connectivity index (χ1v) is 29.5. The molecule has 0 fully saturated rings. The molecule has 0 aromatic heterocycles. The fraction of sp³-hybridized carbons (Fsp3) is 0.778. The van der Waals surface area contributed by atoms with Crippen molar-refractivity contribution in [1.29, 1.82) is 0 Å². The van der Waals surface area contributed by atoms with Crippen LogP contribution in [0.25, 0.3) is 0 Å². The molecule has 394 valence electrons. The molecule has 0 amide bonds. The molecule has 0 bridgehead atoms. The second kappa shape index (κ2) is 58.7. The summed E-state index contributed by atoms with van der Waals surface area (Å²) in [7, 11) is 0. The Morgan fingerprint density at radius 1 is 0.353 bits per heavy atom. The molecular formula is C63H112O5. The lowest BCUT2D eigenvalue weighted by Crippen LogP contribution is -2.28. The maximum absolute atomic E-state index is 12.3. The Morgan fingerprint density at radius 3 is 0.956 bits per heavy atom. The van der Waals surface area contributed by atoms with Crippen molar-refractivity contribution < 1.29 is 24.2 Å². The van der Waals surface area contributed by atoms with Crippen LogP contribution in [0.2, 0.25) is 0 Å². The number of hydrogen-bond donors (Lipinski definition) is 1. The van der Waals surface area contributed by atoms with Gasteiger partial charge in [0.2, 0.25) is 0 Å². The third-order valence-electron chi connectivity index (χ3n) is 13.0. The molecule has 5 heteroatoms. The largest absolute Gasteiger partial charge is 0.462 e. The third-order valence-corrected chi connectivity index (χ3v) is 13.0. The molecule has 1 atom stereocenters. The smallest absolute Gasteiger partial charge is 0.306 e. The van der Waals surface area contributed by atoms with Gasteiger partial charge in [-0.15, -0.1) is 0 Å². The van der Waals surface area contributed by atoms with E-state index in [9.17, 15) is 14.7 Å². The summed E-state index contributed by atoms with van der Waals surface area (Å²) in [6.07, 6.45) is 80.2. The standard InChI is InChI=1S/C63H112O5/c1-3-5-7-9-11-13-15-17-19-21-23-25-27-29-31-33-35-37-39-41-43-45-47-49-51-53-55-57-62(65)67-60-61(59-64)68-63(66)58-56-54-52-50-48-46-44-42-40-38-36-34-32-30-28-26-24-22-20-18-16-14-12-10-8-6-4-2/h6,8,12,14-15,17-18,20-21,23-24,26,61,64H,3-5,7,9-11,13,16,19,22,25,27-60H2,1-2H3/b8-6-,14-12-,17-15-,20-18-,23-21-,26-24-. The Balaban J connectivity index is 3.46. The summed E-state index contributed by atoms with van der Waals surface area (Å²) in [6, 6.07) is 0. The van der Waals surface area contributed by atoms with E-state index in [1.54, 1.807) is 0 Å². The van der Waals surface area contributed by atoms with Gasteiger partial charge in [-0.05, 0) is 83.5 Å². The normalized spacial score (nSPS) is 12.7. The Hall–Kier alpha value is -2.66. The minimum Gasteiger partial charge on any atom is -0.462 e. The fourth-order valence-corrected chi connectivity index (χ4v) is 8.58. The Labute approximate surface area is 423 Å². The molecule has 1 unspecified atom stereocenters. The third kappa shape index (κ3) is 55.9. The average molecular weight is 950 g/mol. The van der Waals surface area contributed by atoms with Crippen LogP contribution >= 0.6 is 0 Å². The second-order valence-electron chi connectivity index (χ2n) is 19.7. The summed E-state index contributed by atoms with van der Waals surface area (Å²) in [5.41, 5.74) is 0. The number of aliphatic hydroxyl groups is 1. The lowest BCUT2D eigenvalue weighted by molar-refractivity contribution is -0.161. The van der Waals surface area contributed by atoms with Crippen molar-refractivity contribution in [2.75, 3.05) is 13.2 Å². The van der Waals surface area contributed by atoms with Crippen LogP contribution in [0.5, 0.6) is 0 Å². The van der Waals surface area contributed by atoms with E-state index in [-0.39, 0.29) is 25.2 Å². The van der Waals surface area contributed by atoms with E-state index in [4.69, 9.17) is 9.47 Å². The molecule has 0 heterocycles. The Kier molecular flexibility index (Phi) is 56.4. The number of rotatable bonds is 54. The zero-order valence-electron chi connectivity index (χ0n) is 45.1. The second-order valence-corrected chi connectivity index (χ2v) is 19.7. The topological polar surface area (TPSA) is 72.8 Å². The van der Waals surface area contributed by atoms with E-state index in [0.29, 0.717) is 12.8 Å². The summed E-state index contributed by atoms with van der Waals surface area (Å²) in [5.74, 6) is -0.581. The lowest BCUT2D eigenvalue weighted by atomic mass is 10.0. The quantitative estimate of drug-likeness (QED) is 0.0374. The van der Waals surface area contributed by atoms with Gasteiger partial charge in [-0.25, -0.2) is 0 Å². The van der Waals surface area contributed by atoms with Crippen LogP contribution in [0.4, 0.5) is 0 Å². The number of aliphatic hydroxyl groups excluding tert-OH is 1. The van der Waals surface area contributed by atoms with E-state index in [2.05, 4.69) is 86.8 Å². The number of carbonyl (C=O) groups excluding carboxylic acids is 2. The molecule has 1 N–H and O–H groups in total. The first-order valence-electron chi connectivity index (χ1n) is 29.5. The number of unbranched alkanes of at least 4 members (excludes halogenated alkanes) is 34. The number of esters is 2. The van der Waals surface area contributed by atoms with Crippen LogP contribution in [-0.4, -0.2) is 36.4 Å². The first-order chi connectivity index (χ1) is 33.6. The molecular weight excluding hydrogens is 837 g/mol. The van der Waals surface area contributed by atoms with Crippen LogP contribution in [0.1, 0.15) is 296 Å². The highest BCUT2D eigenvalue weighted by Crippen LogP contribution is 2.17. The molecule has 0 rings (SSSR count). The Morgan fingerprint density at radius 2 is 0.632 bits per heavy atom. The van der Waals surface area contributed by atoms with Crippen molar-refractivity contribution in [3.8, 4) is 0 Å². The summed E-state index contributed by atoms with van der Waals surface area (Å²) in [4.78, 5) is 24.6. The van der Waals surface area contributed by atoms with Crippen molar-refractivity contribution in [2.45, 2.75) is 302 Å². The van der Waals surface area contributed by atoms with Crippen molar-refractivity contribution in [3.63, 3.8) is 0 Å². The summed E-state index contributed by atoms with van der Waals surface area (Å²) in [6.45, 7) is 4.05. The first kappa shape index (κ1) is 65.3. The van der Waals surface area contributed by atoms with Crippen molar-refractivity contribution >= 4 is 11.9 Å². The molecule has 0 aromatic rings. The van der Waals surface area contributed by atoms with E-state index >= 15 is 0 Å². The molecule has 68 heavy (non-hydrogen) atoms. The van der Waals surface area contributed by atoms with Gasteiger partial charge in [0.05, 0.1) is 6.61 Å². The number of ether oxygens (including phenoxy) is 2. The highest BCUT2D eigenvalue weighted by Gasteiger charge is 2.16. The number of allylic oxidation sites excluding steroid dienone is 12. The SMILES string of the molecule is CC/C=C\C/C=C\C/C=C\C/C=C\CCCCCCCCCCCCCCCCC(=O)OC(CO)COC(=O)CCCCCCCCCCCCCCCCC/C=C\C/C=C\CCCCCCC. The molecule has 0 aliphatic carbocycles. The van der Waals surface area contributed by atoms with Gasteiger partial charge in [-0.1, -0.05) is 273 Å². The van der Waals surface area contributed by atoms with Crippen LogP contribution in [0.15, 0.2) is 72.9 Å². The molecule has 0 spiro atoms. The molecule has 0 aliphatic rings. The average Bonchev–Trinajstić information content (AvgIpc) is 3.34. The minimum absolute atomic E-state index is 0.0655. The molecule has 0 saturated carbocycles. The monoisotopic (exact) mass is 949 g/mol. The molecule has 0 aliphatic heterocycles. The summed E-state index contributed by atoms with van der Waals surface area (Å²) in [5, 5.41) is 9.67. The fourth-order valence-electron chi connectivity index (χ4n) is 8.58. The van der Waals surface area contributed by atoms with Gasteiger partial charge in [0, 0.05) is 12.8 Å². The van der Waals surface area contributed by atoms with Crippen LogP contribution in [-0.2, 0) is 19.1 Å². The van der Waals surface area contributed by atoms with Gasteiger partial charge >= 0.3 is 11.9 Å². The van der Waals surface area contributed by atoms with Crippen molar-refractivity contribution in [3.05, 3.63) is 72.9 Å². The van der Waals surface area contributed by atoms with E-state index in [1.807, 2.05) is 0 Å². The van der Waals surface area contributed by atoms with Gasteiger partial charge in [0.15, 0.2) is 6.10 Å². The Bertz CT molecular complexity index is 1210. The predicted molar refractivity (Wildman–Crippen MR) is 297 cm³/mol. The van der Waals surface area contributed by atoms with Crippen molar-refractivity contribution in [1.82, 2.24) is 0 Å². The zero-order chi connectivity index (χ0) is 49.2. The lowest BCUT2D eigenvalue weighted by Gasteiger charge is -2.15. The van der Waals surface area contributed by atoms with Gasteiger partial charge in [0.1, 0.15) is 6.61 Å². The number of carbonyl (C=O) groups is 2. The highest BCUT2D eigenvalue weighted by atomic mass is 16.6. The number of hydrogen-bond acceptors (Lipinski definition) is 5. The summed E-state index contributed by atoms with van der Waals surface area (Å²) < 4.78 is 10.7. The highest BCUT2D eigenvalue weighted by molar-refractivity contribution is 5.70. The molecule has 0 radical (unpaired) electrons. The van der Waals surface area contributed by atoms with E-state index in [1.165, 1.54) is 199 Å². The molecule has 0 aromatic carbocycles. The molecule has 5 nitrogen and oxygen atoms in total.